The third-order valence-electron chi connectivity index (χ3n) is 2.52. The monoisotopic (exact) mass is 228 g/mol. The van der Waals surface area contributed by atoms with Gasteiger partial charge in [-0.25, -0.2) is 0 Å². The van der Waals surface area contributed by atoms with Crippen LogP contribution >= 0.6 is 0 Å². The Balaban J connectivity index is 2.29. The van der Waals surface area contributed by atoms with Crippen LogP contribution < -0.4 is 5.32 Å². The number of allylic oxidation sites excluding steroid dienone is 3. The van der Waals surface area contributed by atoms with E-state index in [2.05, 4.69) is 5.32 Å². The lowest BCUT2D eigenvalue weighted by Gasteiger charge is -2.06. The summed E-state index contributed by atoms with van der Waals surface area (Å²) >= 11 is 0. The Bertz CT molecular complexity index is 513. The van der Waals surface area contributed by atoms with Crippen LogP contribution in [-0.4, -0.2) is 24.8 Å². The number of rotatable bonds is 2. The minimum absolute atomic E-state index is 0.0621. The zero-order chi connectivity index (χ0) is 12.4. The van der Waals surface area contributed by atoms with E-state index in [0.29, 0.717) is 5.70 Å². The molecule has 0 spiro atoms. The van der Waals surface area contributed by atoms with E-state index < -0.39 is 0 Å². The van der Waals surface area contributed by atoms with Crippen LogP contribution in [0.2, 0.25) is 0 Å². The molecule has 17 heavy (non-hydrogen) atoms. The molecule has 0 bridgehead atoms. The number of fused-ring (bicyclic) bond motifs is 1. The van der Waals surface area contributed by atoms with Crippen molar-refractivity contribution < 1.29 is 4.79 Å². The Kier molecular flexibility index (Phi) is 3.00. The van der Waals surface area contributed by atoms with Crippen molar-refractivity contribution in [3.63, 3.8) is 0 Å². The van der Waals surface area contributed by atoms with Crippen molar-refractivity contribution in [1.82, 2.24) is 4.90 Å². The minimum Gasteiger partial charge on any atom is -0.383 e. The van der Waals surface area contributed by atoms with Gasteiger partial charge in [-0.3, -0.25) is 4.79 Å². The molecule has 0 atom stereocenters. The van der Waals surface area contributed by atoms with Crippen LogP contribution in [0.1, 0.15) is 17.3 Å². The predicted octanol–water partition coefficient (Wildman–Crippen LogP) is 2.64. The van der Waals surface area contributed by atoms with Gasteiger partial charge in [0.2, 0.25) is 5.78 Å². The third kappa shape index (κ3) is 2.38. The van der Waals surface area contributed by atoms with Gasteiger partial charge >= 0.3 is 0 Å². The first kappa shape index (κ1) is 11.5. The van der Waals surface area contributed by atoms with Crippen LogP contribution in [0.5, 0.6) is 0 Å². The summed E-state index contributed by atoms with van der Waals surface area (Å²) in [5.41, 5.74) is 3.32. The number of nitrogens with zero attached hydrogens (tertiary/aromatic N) is 1. The molecule has 0 saturated heterocycles. The highest BCUT2D eigenvalue weighted by Crippen LogP contribution is 2.27. The number of benzene rings is 1. The molecule has 1 N–H and O–H groups in total. The fourth-order valence-electron chi connectivity index (χ4n) is 1.91. The highest BCUT2D eigenvalue weighted by Gasteiger charge is 2.23. The Morgan fingerprint density at radius 3 is 2.65 bits per heavy atom. The van der Waals surface area contributed by atoms with Gasteiger partial charge in [0.25, 0.3) is 0 Å². The topological polar surface area (TPSA) is 32.3 Å². The third-order valence-corrected chi connectivity index (χ3v) is 2.52. The van der Waals surface area contributed by atoms with E-state index in [1.54, 1.807) is 0 Å². The van der Waals surface area contributed by atoms with Gasteiger partial charge in [-0.05, 0) is 30.7 Å². The largest absolute Gasteiger partial charge is 0.383 e. The van der Waals surface area contributed by atoms with Crippen LogP contribution in [-0.2, 0) is 0 Å². The van der Waals surface area contributed by atoms with Crippen molar-refractivity contribution in [3.05, 3.63) is 53.4 Å². The van der Waals surface area contributed by atoms with Gasteiger partial charge in [-0.1, -0.05) is 12.1 Å². The van der Waals surface area contributed by atoms with Crippen LogP contribution in [0.4, 0.5) is 5.69 Å². The lowest BCUT2D eigenvalue weighted by atomic mass is 10.1. The molecule has 1 aromatic rings. The molecule has 1 heterocycles. The molecule has 0 radical (unpaired) electrons. The van der Waals surface area contributed by atoms with Crippen LogP contribution in [0, 0.1) is 0 Å². The summed E-state index contributed by atoms with van der Waals surface area (Å²) in [5.74, 6) is 0.0621. The Hall–Kier alpha value is -2.03. The number of anilines is 1. The van der Waals surface area contributed by atoms with E-state index in [4.69, 9.17) is 0 Å². The SMILES string of the molecule is CC(=C\N(C)C)/C=C1/Nc2ccccc2C1=O. The number of hydrogen-bond donors (Lipinski definition) is 1. The number of ketones is 1. The molecule has 0 aromatic heterocycles. The quantitative estimate of drug-likeness (QED) is 0.790. The summed E-state index contributed by atoms with van der Waals surface area (Å²) in [7, 11) is 3.92. The van der Waals surface area contributed by atoms with Gasteiger partial charge in [0.05, 0.1) is 5.70 Å². The average molecular weight is 228 g/mol. The maximum absolute atomic E-state index is 12.0. The molecule has 3 nitrogen and oxygen atoms in total. The fraction of sp³-hybridized carbons (Fsp3) is 0.214. The van der Waals surface area contributed by atoms with Gasteiger partial charge in [0.15, 0.2) is 0 Å². The van der Waals surface area contributed by atoms with Gasteiger partial charge in [-0.15, -0.1) is 0 Å². The second-order valence-corrected chi connectivity index (χ2v) is 4.39. The second-order valence-electron chi connectivity index (χ2n) is 4.39. The Labute approximate surface area is 101 Å². The molecule has 1 aromatic carbocycles. The van der Waals surface area contributed by atoms with E-state index in [0.717, 1.165) is 16.8 Å². The summed E-state index contributed by atoms with van der Waals surface area (Å²) < 4.78 is 0. The first-order valence-electron chi connectivity index (χ1n) is 5.55. The summed E-state index contributed by atoms with van der Waals surface area (Å²) in [6.07, 6.45) is 3.85. The van der Waals surface area contributed by atoms with Crippen LogP contribution in [0.25, 0.3) is 0 Å². The van der Waals surface area contributed by atoms with Gasteiger partial charge in [0.1, 0.15) is 0 Å². The van der Waals surface area contributed by atoms with Crippen molar-refractivity contribution in [2.24, 2.45) is 0 Å². The number of para-hydroxylation sites is 1. The number of nitrogens with one attached hydrogen (secondary N) is 1. The molecule has 3 heteroatoms. The van der Waals surface area contributed by atoms with Gasteiger partial charge in [0, 0.05) is 31.5 Å². The number of Topliss-reactive ketones (excluding diaryl/α,β-unsaturated/α-hetero) is 1. The first-order chi connectivity index (χ1) is 8.08. The van der Waals surface area contributed by atoms with Crippen LogP contribution in [0.3, 0.4) is 0 Å². The fourth-order valence-corrected chi connectivity index (χ4v) is 1.91. The maximum atomic E-state index is 12.0. The van der Waals surface area contributed by atoms with Crippen LogP contribution in [0.15, 0.2) is 47.8 Å². The highest BCUT2D eigenvalue weighted by molar-refractivity contribution is 6.18. The molecule has 88 valence electrons. The lowest BCUT2D eigenvalue weighted by molar-refractivity contribution is 0.104. The van der Waals surface area contributed by atoms with Crippen molar-refractivity contribution >= 4 is 11.5 Å². The first-order valence-corrected chi connectivity index (χ1v) is 5.55. The number of carbonyl (C=O) groups is 1. The Morgan fingerprint density at radius 2 is 2.00 bits per heavy atom. The molecule has 2 rings (SSSR count). The maximum Gasteiger partial charge on any atom is 0.211 e. The molecular weight excluding hydrogens is 212 g/mol. The second kappa shape index (κ2) is 4.45. The molecule has 1 aliphatic rings. The molecule has 0 aliphatic carbocycles. The van der Waals surface area contributed by atoms with E-state index in [9.17, 15) is 4.79 Å². The Morgan fingerprint density at radius 1 is 1.29 bits per heavy atom. The zero-order valence-electron chi connectivity index (χ0n) is 10.3. The van der Waals surface area contributed by atoms with E-state index in [1.807, 2.05) is 62.5 Å². The zero-order valence-corrected chi connectivity index (χ0v) is 10.3. The molecular formula is C14H16N2O. The smallest absolute Gasteiger partial charge is 0.211 e. The van der Waals surface area contributed by atoms with E-state index in [-0.39, 0.29) is 5.78 Å². The number of hydrogen-bond acceptors (Lipinski definition) is 3. The summed E-state index contributed by atoms with van der Waals surface area (Å²) in [5, 5.41) is 3.14. The van der Waals surface area contributed by atoms with E-state index in [1.165, 1.54) is 0 Å². The molecule has 0 saturated carbocycles. The van der Waals surface area contributed by atoms with Crippen molar-refractivity contribution in [3.8, 4) is 0 Å². The van der Waals surface area contributed by atoms with Crippen molar-refractivity contribution in [2.45, 2.75) is 6.92 Å². The number of carbonyl (C=O) groups excluding carboxylic acids is 1. The highest BCUT2D eigenvalue weighted by atomic mass is 16.1. The van der Waals surface area contributed by atoms with Gasteiger partial charge < -0.3 is 10.2 Å². The molecule has 0 amide bonds. The molecule has 0 unspecified atom stereocenters. The van der Waals surface area contributed by atoms with E-state index >= 15 is 0 Å². The summed E-state index contributed by atoms with van der Waals surface area (Å²) in [6, 6.07) is 7.56. The standard InChI is InChI=1S/C14H16N2O/c1-10(9-16(2)3)8-13-14(17)11-6-4-5-7-12(11)15-13/h4-9,15H,1-3H3/b10-9+,13-8+. The predicted molar refractivity (Wildman–Crippen MR) is 69.9 cm³/mol. The molecule has 0 fully saturated rings. The lowest BCUT2D eigenvalue weighted by Crippen LogP contribution is -2.04. The van der Waals surface area contributed by atoms with Gasteiger partial charge in [-0.2, -0.15) is 0 Å². The molecule has 1 aliphatic heterocycles. The van der Waals surface area contributed by atoms with Crippen molar-refractivity contribution in [1.29, 1.82) is 0 Å². The summed E-state index contributed by atoms with van der Waals surface area (Å²) in [4.78, 5) is 14.0. The van der Waals surface area contributed by atoms with Crippen molar-refractivity contribution in [2.75, 3.05) is 19.4 Å². The average Bonchev–Trinajstić information content (AvgIpc) is 2.55. The summed E-state index contributed by atoms with van der Waals surface area (Å²) in [6.45, 7) is 1.98. The minimum atomic E-state index is 0.0621. The normalized spacial score (nSPS) is 17.0.